The number of nitrogens with two attached hydrogens (primary N) is 1. The van der Waals surface area contributed by atoms with Crippen LogP contribution in [-0.4, -0.2) is 19.3 Å². The fourth-order valence-corrected chi connectivity index (χ4v) is 3.38. The van der Waals surface area contributed by atoms with Crippen LogP contribution >= 0.6 is 28.1 Å². The van der Waals surface area contributed by atoms with Crippen LogP contribution < -0.4 is 16.6 Å². The zero-order valence-corrected chi connectivity index (χ0v) is 12.3. The maximum absolute atomic E-state index is 11.9. The molecule has 0 saturated heterocycles. The monoisotopic (exact) mass is 347 g/mol. The summed E-state index contributed by atoms with van der Waals surface area (Å²) < 4.78 is 24.6. The van der Waals surface area contributed by atoms with E-state index in [-0.39, 0.29) is 10.9 Å². The van der Waals surface area contributed by atoms with Gasteiger partial charge < -0.3 is 5.73 Å². The van der Waals surface area contributed by atoms with Gasteiger partial charge >= 0.3 is 0 Å². The molecular formula is C10H10BrN3O2S2. The van der Waals surface area contributed by atoms with E-state index >= 15 is 0 Å². The highest BCUT2D eigenvalue weighted by Crippen LogP contribution is 2.30. The second-order valence-electron chi connectivity index (χ2n) is 3.65. The fraction of sp³-hybridized carbons (Fsp3) is 0.100. The third-order valence-electron chi connectivity index (χ3n) is 2.39. The van der Waals surface area contributed by atoms with Gasteiger partial charge in [0.25, 0.3) is 0 Å². The highest BCUT2D eigenvalue weighted by molar-refractivity contribution is 9.10. The van der Waals surface area contributed by atoms with E-state index in [2.05, 4.69) is 39.0 Å². The number of hydrazine groups is 1. The molecule has 0 amide bonds. The Morgan fingerprint density at radius 1 is 1.44 bits per heavy atom. The average molecular weight is 348 g/mol. The first-order valence-electron chi connectivity index (χ1n) is 4.94. The average Bonchev–Trinajstić information content (AvgIpc) is 2.27. The number of fused-ring (bicyclic) bond motifs is 1. The summed E-state index contributed by atoms with van der Waals surface area (Å²) in [4.78, 5) is 0.292. The molecule has 0 aliphatic carbocycles. The molecule has 8 heteroatoms. The number of benzene rings is 1. The highest BCUT2D eigenvalue weighted by atomic mass is 79.9. The molecule has 0 unspecified atom stereocenters. The number of hydrogen-bond donors (Lipinski definition) is 3. The van der Waals surface area contributed by atoms with E-state index in [4.69, 9.17) is 5.73 Å². The van der Waals surface area contributed by atoms with Gasteiger partial charge in [0.05, 0.1) is 16.3 Å². The Kier molecular flexibility index (Phi) is 3.60. The summed E-state index contributed by atoms with van der Waals surface area (Å²) in [5, 5.41) is 0.0841. The molecule has 0 radical (unpaired) electrons. The van der Waals surface area contributed by atoms with Gasteiger partial charge in [-0.2, -0.15) is 0 Å². The predicted octanol–water partition coefficient (Wildman–Crippen LogP) is 0.915. The predicted molar refractivity (Wildman–Crippen MR) is 77.2 cm³/mol. The fourth-order valence-electron chi connectivity index (χ4n) is 1.62. The molecule has 1 aliphatic rings. The normalized spacial score (nSPS) is 16.4. The molecule has 0 spiro atoms. The maximum Gasteiger partial charge on any atom is 0.182 e. The third-order valence-corrected chi connectivity index (χ3v) is 4.62. The molecule has 4 N–H and O–H groups in total. The lowest BCUT2D eigenvalue weighted by Gasteiger charge is -2.20. The van der Waals surface area contributed by atoms with Crippen molar-refractivity contribution >= 4 is 48.8 Å². The topological polar surface area (TPSA) is 84.2 Å². The van der Waals surface area contributed by atoms with Gasteiger partial charge in [0.2, 0.25) is 0 Å². The van der Waals surface area contributed by atoms with Crippen LogP contribution in [0.2, 0.25) is 0 Å². The number of rotatable bonds is 2. The van der Waals surface area contributed by atoms with Crippen molar-refractivity contribution in [1.82, 2.24) is 10.9 Å². The summed E-state index contributed by atoms with van der Waals surface area (Å²) >= 11 is 8.00. The van der Waals surface area contributed by atoms with E-state index in [1.807, 2.05) is 0 Å². The lowest BCUT2D eigenvalue weighted by Crippen LogP contribution is -2.40. The number of sulfone groups is 1. The first-order valence-corrected chi connectivity index (χ1v) is 7.80. The number of halogens is 1. The summed E-state index contributed by atoms with van der Waals surface area (Å²) in [5.74, 6) is -0.0526. The number of hydrogen-bond acceptors (Lipinski definition) is 4. The quantitative estimate of drug-likeness (QED) is 0.544. The first kappa shape index (κ1) is 13.3. The summed E-state index contributed by atoms with van der Waals surface area (Å²) in [6, 6.07) is 5.00. The maximum atomic E-state index is 11.9. The van der Waals surface area contributed by atoms with Crippen molar-refractivity contribution in [3.05, 3.63) is 34.3 Å². The van der Waals surface area contributed by atoms with Gasteiger partial charge in [-0.15, -0.1) is 0 Å². The molecule has 0 bridgehead atoms. The first-order chi connectivity index (χ1) is 8.40. The van der Waals surface area contributed by atoms with Crippen LogP contribution in [0.4, 0.5) is 0 Å². The Morgan fingerprint density at radius 3 is 2.83 bits per heavy atom. The van der Waals surface area contributed by atoms with Gasteiger partial charge in [-0.25, -0.2) is 8.42 Å². The van der Waals surface area contributed by atoms with E-state index in [0.717, 1.165) is 4.47 Å². The molecule has 0 atom stereocenters. The molecule has 1 aromatic carbocycles. The molecular weight excluding hydrogens is 338 g/mol. The van der Waals surface area contributed by atoms with Gasteiger partial charge in [-0.3, -0.25) is 10.9 Å². The molecule has 0 fully saturated rings. The minimum atomic E-state index is -3.26. The van der Waals surface area contributed by atoms with Crippen LogP contribution in [0.3, 0.4) is 0 Å². The molecule has 1 heterocycles. The molecule has 18 heavy (non-hydrogen) atoms. The molecule has 1 aromatic rings. The Balaban J connectivity index is 2.45. The lowest BCUT2D eigenvalue weighted by atomic mass is 10.1. The lowest BCUT2D eigenvalue weighted by molar-refractivity contribution is 0.597. The third kappa shape index (κ3) is 2.65. The number of nitrogens with one attached hydrogen (secondary N) is 2. The Bertz CT molecular complexity index is 641. The molecule has 96 valence electrons. The van der Waals surface area contributed by atoms with Gasteiger partial charge in [-0.1, -0.05) is 15.9 Å². The molecule has 5 nitrogen and oxygen atoms in total. The van der Waals surface area contributed by atoms with Gasteiger partial charge in [-0.05, 0) is 36.5 Å². The van der Waals surface area contributed by atoms with Crippen LogP contribution in [0.25, 0.3) is 5.70 Å². The Labute approximate surface area is 118 Å². The zero-order valence-electron chi connectivity index (χ0n) is 9.10. The smallest absolute Gasteiger partial charge is 0.182 e. The van der Waals surface area contributed by atoms with Gasteiger partial charge in [0.15, 0.2) is 14.9 Å². The summed E-state index contributed by atoms with van der Waals surface area (Å²) in [7, 11) is -3.26. The van der Waals surface area contributed by atoms with E-state index in [1.165, 1.54) is 0 Å². The largest absolute Gasteiger partial charge is 0.375 e. The minimum Gasteiger partial charge on any atom is -0.375 e. The minimum absolute atomic E-state index is 0.0526. The van der Waals surface area contributed by atoms with Gasteiger partial charge in [0.1, 0.15) is 0 Å². The second-order valence-corrected chi connectivity index (χ2v) is 7.01. The van der Waals surface area contributed by atoms with Crippen molar-refractivity contribution < 1.29 is 8.42 Å². The van der Waals surface area contributed by atoms with E-state index in [9.17, 15) is 8.42 Å². The van der Waals surface area contributed by atoms with Crippen LogP contribution in [0.1, 0.15) is 5.56 Å². The summed E-state index contributed by atoms with van der Waals surface area (Å²) in [5.41, 5.74) is 11.9. The van der Waals surface area contributed by atoms with E-state index in [0.29, 0.717) is 16.2 Å². The van der Waals surface area contributed by atoms with Crippen molar-refractivity contribution in [1.29, 1.82) is 0 Å². The van der Waals surface area contributed by atoms with Crippen molar-refractivity contribution in [2.75, 3.05) is 5.75 Å². The van der Waals surface area contributed by atoms with Crippen LogP contribution in [0.15, 0.2) is 33.6 Å². The highest BCUT2D eigenvalue weighted by Gasteiger charge is 2.24. The van der Waals surface area contributed by atoms with Crippen molar-refractivity contribution in [2.24, 2.45) is 5.73 Å². The second kappa shape index (κ2) is 4.87. The molecule has 2 rings (SSSR count). The van der Waals surface area contributed by atoms with Crippen LogP contribution in [-0.2, 0) is 9.84 Å². The Morgan fingerprint density at radius 2 is 2.17 bits per heavy atom. The van der Waals surface area contributed by atoms with Crippen molar-refractivity contribution in [2.45, 2.75) is 4.90 Å². The molecule has 0 aromatic heterocycles. The van der Waals surface area contributed by atoms with Crippen LogP contribution in [0, 0.1) is 0 Å². The van der Waals surface area contributed by atoms with Crippen molar-refractivity contribution in [3.63, 3.8) is 0 Å². The summed E-state index contributed by atoms with van der Waals surface area (Å²) in [6.45, 7) is 0. The molecule has 0 saturated carbocycles. The van der Waals surface area contributed by atoms with Crippen molar-refractivity contribution in [3.8, 4) is 0 Å². The van der Waals surface area contributed by atoms with Gasteiger partial charge in [0, 0.05) is 10.0 Å². The Hall–Kier alpha value is -1.12. The summed E-state index contributed by atoms with van der Waals surface area (Å²) in [6.07, 6.45) is 1.58. The number of thiocarbonyl (C=S) groups is 1. The standard InChI is InChI=1S/C10H10BrN3O2S2/c11-6-1-2-9-7(5-6)8(13-14-10(12)17)3-4-18(9,15)16/h1-3,5,13H,4H2,(H3,12,14,17). The van der Waals surface area contributed by atoms with E-state index < -0.39 is 9.84 Å². The van der Waals surface area contributed by atoms with Crippen LogP contribution in [0.5, 0.6) is 0 Å². The molecule has 1 aliphatic heterocycles. The SMILES string of the molecule is NC(=S)NNC1=CCS(=O)(=O)c2ccc(Br)cc21. The van der Waals surface area contributed by atoms with E-state index in [1.54, 1.807) is 24.3 Å². The zero-order chi connectivity index (χ0) is 13.3.